The van der Waals surface area contributed by atoms with Gasteiger partial charge in [-0.3, -0.25) is 4.79 Å². The van der Waals surface area contributed by atoms with Crippen LogP contribution in [0, 0.1) is 13.8 Å². The second kappa shape index (κ2) is 6.65. The van der Waals surface area contributed by atoms with E-state index in [-0.39, 0.29) is 5.91 Å². The van der Waals surface area contributed by atoms with Crippen LogP contribution in [0.2, 0.25) is 0 Å². The number of amides is 1. The summed E-state index contributed by atoms with van der Waals surface area (Å²) in [6, 6.07) is 5.95. The molecule has 17 heavy (non-hydrogen) atoms. The van der Waals surface area contributed by atoms with Crippen molar-refractivity contribution in [2.45, 2.75) is 27.2 Å². The number of alkyl halides is 1. The van der Waals surface area contributed by atoms with Crippen molar-refractivity contribution in [1.29, 1.82) is 0 Å². The molecule has 3 heteroatoms. The zero-order chi connectivity index (χ0) is 12.8. The molecule has 1 aromatic carbocycles. The van der Waals surface area contributed by atoms with E-state index >= 15 is 0 Å². The molecule has 0 aromatic heterocycles. The Kier molecular flexibility index (Phi) is 5.49. The van der Waals surface area contributed by atoms with Crippen molar-refractivity contribution in [3.63, 3.8) is 0 Å². The van der Waals surface area contributed by atoms with Crippen molar-refractivity contribution in [1.82, 2.24) is 4.90 Å². The van der Waals surface area contributed by atoms with Crippen molar-refractivity contribution in [3.05, 3.63) is 34.9 Å². The van der Waals surface area contributed by atoms with Crippen LogP contribution in [0.15, 0.2) is 18.2 Å². The minimum absolute atomic E-state index is 0.119. The van der Waals surface area contributed by atoms with Crippen LogP contribution in [0.5, 0.6) is 0 Å². The van der Waals surface area contributed by atoms with E-state index in [0.717, 1.165) is 36.2 Å². The Morgan fingerprint density at radius 1 is 1.29 bits per heavy atom. The second-order valence-electron chi connectivity index (χ2n) is 4.19. The van der Waals surface area contributed by atoms with Gasteiger partial charge in [-0.15, -0.1) is 11.6 Å². The Bertz CT molecular complexity index is 370. The normalized spacial score (nSPS) is 10.4. The van der Waals surface area contributed by atoms with Crippen LogP contribution in [0.4, 0.5) is 0 Å². The van der Waals surface area contributed by atoms with Crippen LogP contribution in [-0.4, -0.2) is 29.8 Å². The number of nitrogens with zero attached hydrogens (tertiary/aromatic N) is 1. The van der Waals surface area contributed by atoms with Crippen molar-refractivity contribution >= 4 is 17.5 Å². The Morgan fingerprint density at radius 2 is 1.88 bits per heavy atom. The van der Waals surface area contributed by atoms with Gasteiger partial charge in [0.05, 0.1) is 0 Å². The number of rotatable bonds is 5. The Balaban J connectivity index is 2.93. The van der Waals surface area contributed by atoms with Crippen molar-refractivity contribution in [3.8, 4) is 0 Å². The van der Waals surface area contributed by atoms with Gasteiger partial charge in [0.15, 0.2) is 0 Å². The third-order valence-corrected chi connectivity index (χ3v) is 3.19. The summed E-state index contributed by atoms with van der Waals surface area (Å²) in [6.07, 6.45) is 0.839. The second-order valence-corrected chi connectivity index (χ2v) is 4.57. The van der Waals surface area contributed by atoms with Crippen LogP contribution in [0.25, 0.3) is 0 Å². The molecular formula is C14H20ClNO. The highest BCUT2D eigenvalue weighted by molar-refractivity contribution is 6.17. The monoisotopic (exact) mass is 253 g/mol. The smallest absolute Gasteiger partial charge is 0.254 e. The average molecular weight is 254 g/mol. The van der Waals surface area contributed by atoms with E-state index in [2.05, 4.69) is 0 Å². The van der Waals surface area contributed by atoms with Gasteiger partial charge in [-0.2, -0.15) is 0 Å². The zero-order valence-corrected chi connectivity index (χ0v) is 11.5. The molecule has 0 fully saturated rings. The van der Waals surface area contributed by atoms with Gasteiger partial charge in [0.1, 0.15) is 0 Å². The fraction of sp³-hybridized carbons (Fsp3) is 0.500. The van der Waals surface area contributed by atoms with Crippen molar-refractivity contribution in [2.24, 2.45) is 0 Å². The van der Waals surface area contributed by atoms with E-state index in [0.29, 0.717) is 5.88 Å². The molecule has 1 aromatic rings. The number of carbonyl (C=O) groups excluding carboxylic acids is 1. The topological polar surface area (TPSA) is 20.3 Å². The molecule has 1 rings (SSSR count). The molecule has 0 radical (unpaired) electrons. The zero-order valence-electron chi connectivity index (χ0n) is 10.8. The van der Waals surface area contributed by atoms with Gasteiger partial charge in [-0.05, 0) is 38.3 Å². The molecule has 0 aliphatic rings. The third-order valence-electron chi connectivity index (χ3n) is 2.93. The van der Waals surface area contributed by atoms with Crippen LogP contribution in [0.3, 0.4) is 0 Å². The molecule has 0 heterocycles. The van der Waals surface area contributed by atoms with E-state index in [1.807, 2.05) is 43.9 Å². The summed E-state index contributed by atoms with van der Waals surface area (Å²) in [6.45, 7) is 7.42. The Labute approximate surface area is 109 Å². The third kappa shape index (κ3) is 3.47. The summed E-state index contributed by atoms with van der Waals surface area (Å²) >= 11 is 5.68. The Hall–Kier alpha value is -1.02. The molecule has 0 atom stereocenters. The molecule has 0 saturated carbocycles. The number of hydrogen-bond donors (Lipinski definition) is 0. The van der Waals surface area contributed by atoms with Gasteiger partial charge in [0.2, 0.25) is 0 Å². The number of hydrogen-bond acceptors (Lipinski definition) is 1. The summed E-state index contributed by atoms with van der Waals surface area (Å²) in [5, 5.41) is 0. The molecule has 1 amide bonds. The predicted molar refractivity (Wildman–Crippen MR) is 72.8 cm³/mol. The molecule has 0 unspecified atom stereocenters. The minimum Gasteiger partial charge on any atom is -0.339 e. The molecule has 0 saturated heterocycles. The van der Waals surface area contributed by atoms with Gasteiger partial charge < -0.3 is 4.90 Å². The molecule has 0 bridgehead atoms. The Morgan fingerprint density at radius 3 is 2.35 bits per heavy atom. The van der Waals surface area contributed by atoms with Gasteiger partial charge in [0.25, 0.3) is 5.91 Å². The van der Waals surface area contributed by atoms with Crippen molar-refractivity contribution in [2.75, 3.05) is 19.0 Å². The fourth-order valence-electron chi connectivity index (χ4n) is 1.96. The number of halogens is 1. The van der Waals surface area contributed by atoms with E-state index in [9.17, 15) is 4.79 Å². The number of carbonyl (C=O) groups is 1. The molecule has 0 spiro atoms. The van der Waals surface area contributed by atoms with Crippen LogP contribution in [0.1, 0.15) is 34.8 Å². The summed E-state index contributed by atoms with van der Waals surface area (Å²) in [5.41, 5.74) is 2.92. The van der Waals surface area contributed by atoms with Crippen LogP contribution >= 0.6 is 11.6 Å². The maximum absolute atomic E-state index is 12.4. The first-order valence-electron chi connectivity index (χ1n) is 6.03. The summed E-state index contributed by atoms with van der Waals surface area (Å²) in [4.78, 5) is 14.3. The molecular weight excluding hydrogens is 234 g/mol. The highest BCUT2D eigenvalue weighted by atomic mass is 35.5. The quantitative estimate of drug-likeness (QED) is 0.737. The lowest BCUT2D eigenvalue weighted by Crippen LogP contribution is -2.33. The molecule has 2 nitrogen and oxygen atoms in total. The summed E-state index contributed by atoms with van der Waals surface area (Å²) in [7, 11) is 0. The minimum atomic E-state index is 0.119. The van der Waals surface area contributed by atoms with Gasteiger partial charge in [0, 0.05) is 24.5 Å². The molecule has 0 aliphatic carbocycles. The first kappa shape index (κ1) is 14.0. The number of benzene rings is 1. The van der Waals surface area contributed by atoms with Gasteiger partial charge >= 0.3 is 0 Å². The summed E-state index contributed by atoms with van der Waals surface area (Å²) < 4.78 is 0. The van der Waals surface area contributed by atoms with Crippen LogP contribution < -0.4 is 0 Å². The average Bonchev–Trinajstić information content (AvgIpc) is 2.30. The van der Waals surface area contributed by atoms with Crippen LogP contribution in [-0.2, 0) is 0 Å². The summed E-state index contributed by atoms with van der Waals surface area (Å²) in [5.74, 6) is 0.713. The lowest BCUT2D eigenvalue weighted by atomic mass is 10.0. The maximum atomic E-state index is 12.4. The standard InChI is InChI=1S/C14H20ClNO/c1-4-16(10-6-9-15)14(17)13-11(2)7-5-8-12(13)3/h5,7-8H,4,6,9-10H2,1-3H3. The van der Waals surface area contributed by atoms with E-state index in [4.69, 9.17) is 11.6 Å². The molecule has 94 valence electrons. The van der Waals surface area contributed by atoms with E-state index in [1.54, 1.807) is 0 Å². The van der Waals surface area contributed by atoms with Crippen molar-refractivity contribution < 1.29 is 4.79 Å². The first-order valence-corrected chi connectivity index (χ1v) is 6.56. The van der Waals surface area contributed by atoms with E-state index in [1.165, 1.54) is 0 Å². The highest BCUT2D eigenvalue weighted by Gasteiger charge is 2.17. The molecule has 0 N–H and O–H groups in total. The highest BCUT2D eigenvalue weighted by Crippen LogP contribution is 2.16. The maximum Gasteiger partial charge on any atom is 0.254 e. The number of aryl methyl sites for hydroxylation is 2. The van der Waals surface area contributed by atoms with Gasteiger partial charge in [-0.1, -0.05) is 18.2 Å². The fourth-order valence-corrected chi connectivity index (χ4v) is 2.08. The lowest BCUT2D eigenvalue weighted by molar-refractivity contribution is 0.0763. The molecule has 0 aliphatic heterocycles. The predicted octanol–water partition coefficient (Wildman–Crippen LogP) is 3.39. The SMILES string of the molecule is CCN(CCCCl)C(=O)c1c(C)cccc1C. The van der Waals surface area contributed by atoms with E-state index < -0.39 is 0 Å². The largest absolute Gasteiger partial charge is 0.339 e. The van der Waals surface area contributed by atoms with Gasteiger partial charge in [-0.25, -0.2) is 0 Å². The lowest BCUT2D eigenvalue weighted by Gasteiger charge is -2.22. The first-order chi connectivity index (χ1) is 8.11.